The van der Waals surface area contributed by atoms with Gasteiger partial charge in [-0.1, -0.05) is 12.8 Å². The van der Waals surface area contributed by atoms with Gasteiger partial charge in [0, 0.05) is 22.4 Å². The van der Waals surface area contributed by atoms with Crippen molar-refractivity contribution in [3.05, 3.63) is 24.3 Å². The number of nitrogens with one attached hydrogen (secondary N) is 1. The Hall–Kier alpha value is -0.760. The summed E-state index contributed by atoms with van der Waals surface area (Å²) in [4.78, 5) is 0.997. The van der Waals surface area contributed by atoms with E-state index in [-0.39, 0.29) is 11.8 Å². The summed E-state index contributed by atoms with van der Waals surface area (Å²) in [5.74, 6) is 0.521. The van der Waals surface area contributed by atoms with Crippen LogP contribution in [0.5, 0.6) is 0 Å². The third-order valence-electron chi connectivity index (χ3n) is 3.56. The largest absolute Gasteiger partial charge is 0.399 e. The SMILES string of the molecule is Nc1ccc(SCCS(=O)(=O)NC2CCCCC2O)cc1. The van der Waals surface area contributed by atoms with Crippen molar-refractivity contribution < 1.29 is 13.5 Å². The first-order valence-corrected chi connectivity index (χ1v) is 9.76. The Balaban J connectivity index is 1.79. The van der Waals surface area contributed by atoms with E-state index in [2.05, 4.69) is 4.72 Å². The molecule has 0 spiro atoms. The molecule has 4 N–H and O–H groups in total. The lowest BCUT2D eigenvalue weighted by Gasteiger charge is -2.28. The van der Waals surface area contributed by atoms with E-state index < -0.39 is 16.1 Å². The standard InChI is InChI=1S/C14H22N2O3S2/c15-11-5-7-12(8-6-11)20-9-10-21(18,19)16-13-3-1-2-4-14(13)17/h5-8,13-14,16-17H,1-4,9-10,15H2. The summed E-state index contributed by atoms with van der Waals surface area (Å²) < 4.78 is 26.7. The van der Waals surface area contributed by atoms with Crippen LogP contribution in [0.2, 0.25) is 0 Å². The fraction of sp³-hybridized carbons (Fsp3) is 0.571. The van der Waals surface area contributed by atoms with Crippen molar-refractivity contribution in [2.45, 2.75) is 42.7 Å². The summed E-state index contributed by atoms with van der Waals surface area (Å²) in [6.45, 7) is 0. The Kier molecular flexibility index (Phi) is 5.92. The van der Waals surface area contributed by atoms with Gasteiger partial charge < -0.3 is 10.8 Å². The molecule has 2 rings (SSSR count). The number of nitrogens with two attached hydrogens (primary N) is 1. The molecule has 0 aromatic heterocycles. The topological polar surface area (TPSA) is 92.4 Å². The summed E-state index contributed by atoms with van der Waals surface area (Å²) in [6, 6.07) is 7.03. The minimum Gasteiger partial charge on any atom is -0.399 e. The van der Waals surface area contributed by atoms with Gasteiger partial charge in [0.25, 0.3) is 0 Å². The number of anilines is 1. The average Bonchev–Trinajstić information content (AvgIpc) is 2.43. The number of nitrogen functional groups attached to an aromatic ring is 1. The Morgan fingerprint density at radius 3 is 2.57 bits per heavy atom. The van der Waals surface area contributed by atoms with Crippen molar-refractivity contribution >= 4 is 27.5 Å². The van der Waals surface area contributed by atoms with Crippen LogP contribution in [0.3, 0.4) is 0 Å². The highest BCUT2D eigenvalue weighted by atomic mass is 32.2. The van der Waals surface area contributed by atoms with Gasteiger partial charge in [-0.3, -0.25) is 0 Å². The van der Waals surface area contributed by atoms with Gasteiger partial charge in [0.05, 0.1) is 11.9 Å². The maximum Gasteiger partial charge on any atom is 0.212 e. The van der Waals surface area contributed by atoms with E-state index in [0.29, 0.717) is 24.3 Å². The van der Waals surface area contributed by atoms with E-state index in [1.54, 1.807) is 12.1 Å². The van der Waals surface area contributed by atoms with Crippen molar-refractivity contribution in [1.29, 1.82) is 0 Å². The van der Waals surface area contributed by atoms with Crippen LogP contribution < -0.4 is 10.5 Å². The molecule has 1 fully saturated rings. The quantitative estimate of drug-likeness (QED) is 0.544. The lowest BCUT2D eigenvalue weighted by molar-refractivity contribution is 0.101. The summed E-state index contributed by atoms with van der Waals surface area (Å²) in [7, 11) is -3.35. The molecule has 7 heteroatoms. The molecule has 0 saturated heterocycles. The van der Waals surface area contributed by atoms with Crippen LogP contribution in [-0.4, -0.2) is 37.2 Å². The zero-order valence-electron chi connectivity index (χ0n) is 11.9. The number of sulfonamides is 1. The minimum atomic E-state index is -3.35. The third kappa shape index (κ3) is 5.50. The molecule has 0 amide bonds. The van der Waals surface area contributed by atoms with E-state index in [9.17, 15) is 13.5 Å². The van der Waals surface area contributed by atoms with Gasteiger partial charge in [-0.2, -0.15) is 0 Å². The number of thioether (sulfide) groups is 1. The molecule has 1 saturated carbocycles. The molecule has 1 aliphatic carbocycles. The predicted molar refractivity (Wildman–Crippen MR) is 86.8 cm³/mol. The molecule has 2 atom stereocenters. The van der Waals surface area contributed by atoms with Gasteiger partial charge in [0.1, 0.15) is 0 Å². The predicted octanol–water partition coefficient (Wildman–Crippen LogP) is 1.58. The number of aliphatic hydroxyl groups excluding tert-OH is 1. The lowest BCUT2D eigenvalue weighted by atomic mass is 9.93. The molecule has 0 heterocycles. The average molecular weight is 330 g/mol. The Labute approximate surface area is 130 Å². The molecule has 2 unspecified atom stereocenters. The highest BCUT2D eigenvalue weighted by molar-refractivity contribution is 8.00. The molecule has 21 heavy (non-hydrogen) atoms. The third-order valence-corrected chi connectivity index (χ3v) is 6.24. The van der Waals surface area contributed by atoms with E-state index in [1.165, 1.54) is 11.8 Å². The van der Waals surface area contributed by atoms with Crippen LogP contribution in [-0.2, 0) is 10.0 Å². The molecule has 0 bridgehead atoms. The van der Waals surface area contributed by atoms with Crippen LogP contribution in [0.25, 0.3) is 0 Å². The van der Waals surface area contributed by atoms with E-state index in [4.69, 9.17) is 5.73 Å². The van der Waals surface area contributed by atoms with Crippen LogP contribution >= 0.6 is 11.8 Å². The fourth-order valence-electron chi connectivity index (χ4n) is 2.37. The van der Waals surface area contributed by atoms with Gasteiger partial charge in [0.15, 0.2) is 0 Å². The smallest absolute Gasteiger partial charge is 0.212 e. The number of hydrogen-bond acceptors (Lipinski definition) is 5. The van der Waals surface area contributed by atoms with Crippen molar-refractivity contribution in [2.24, 2.45) is 0 Å². The van der Waals surface area contributed by atoms with Gasteiger partial charge in [-0.15, -0.1) is 11.8 Å². The van der Waals surface area contributed by atoms with Crippen molar-refractivity contribution in [3.63, 3.8) is 0 Å². The molecule has 1 aromatic rings. The second-order valence-electron chi connectivity index (χ2n) is 5.31. The van der Waals surface area contributed by atoms with Crippen molar-refractivity contribution in [1.82, 2.24) is 4.72 Å². The van der Waals surface area contributed by atoms with Crippen molar-refractivity contribution in [2.75, 3.05) is 17.2 Å². The van der Waals surface area contributed by atoms with Crippen LogP contribution in [0.4, 0.5) is 5.69 Å². The van der Waals surface area contributed by atoms with Crippen LogP contribution in [0, 0.1) is 0 Å². The maximum atomic E-state index is 12.0. The molecule has 5 nitrogen and oxygen atoms in total. The second-order valence-corrected chi connectivity index (χ2v) is 8.35. The zero-order chi connectivity index (χ0) is 15.3. The van der Waals surface area contributed by atoms with Gasteiger partial charge >= 0.3 is 0 Å². The molecular formula is C14H22N2O3S2. The minimum absolute atomic E-state index is 0.0469. The zero-order valence-corrected chi connectivity index (χ0v) is 13.5. The highest BCUT2D eigenvalue weighted by Gasteiger charge is 2.26. The number of rotatable bonds is 6. The first-order chi connectivity index (χ1) is 9.96. The summed E-state index contributed by atoms with van der Waals surface area (Å²) in [5.41, 5.74) is 6.30. The Bertz CT molecular complexity index is 546. The number of benzene rings is 1. The van der Waals surface area contributed by atoms with Gasteiger partial charge in [-0.05, 0) is 37.1 Å². The summed E-state index contributed by atoms with van der Waals surface area (Å²) in [6.07, 6.45) is 2.76. The summed E-state index contributed by atoms with van der Waals surface area (Å²) >= 11 is 1.48. The lowest BCUT2D eigenvalue weighted by Crippen LogP contribution is -2.46. The highest BCUT2D eigenvalue weighted by Crippen LogP contribution is 2.21. The van der Waals surface area contributed by atoms with E-state index in [1.807, 2.05) is 12.1 Å². The maximum absolute atomic E-state index is 12.0. The number of aliphatic hydroxyl groups is 1. The number of hydrogen-bond donors (Lipinski definition) is 3. The van der Waals surface area contributed by atoms with Gasteiger partial charge in [-0.25, -0.2) is 13.1 Å². The monoisotopic (exact) mass is 330 g/mol. The first-order valence-electron chi connectivity index (χ1n) is 7.13. The van der Waals surface area contributed by atoms with Crippen LogP contribution in [0.15, 0.2) is 29.2 Å². The molecule has 1 aliphatic rings. The summed E-state index contributed by atoms with van der Waals surface area (Å²) in [5, 5.41) is 9.82. The van der Waals surface area contributed by atoms with E-state index in [0.717, 1.165) is 17.7 Å². The first kappa shape index (κ1) is 16.6. The molecular weight excluding hydrogens is 308 g/mol. The molecule has 0 aliphatic heterocycles. The van der Waals surface area contributed by atoms with Crippen LogP contribution in [0.1, 0.15) is 25.7 Å². The van der Waals surface area contributed by atoms with E-state index >= 15 is 0 Å². The van der Waals surface area contributed by atoms with Gasteiger partial charge in [0.2, 0.25) is 10.0 Å². The molecule has 1 aromatic carbocycles. The van der Waals surface area contributed by atoms with Crippen molar-refractivity contribution in [3.8, 4) is 0 Å². The second kappa shape index (κ2) is 7.49. The fourth-order valence-corrected chi connectivity index (χ4v) is 5.00. The Morgan fingerprint density at radius 1 is 1.24 bits per heavy atom. The normalized spacial score (nSPS) is 23.1. The molecule has 118 valence electrons. The Morgan fingerprint density at radius 2 is 1.90 bits per heavy atom. The molecule has 0 radical (unpaired) electrons.